The summed E-state index contributed by atoms with van der Waals surface area (Å²) in [6.07, 6.45) is 0.526. The average Bonchev–Trinajstić information content (AvgIpc) is 2.40. The lowest BCUT2D eigenvalue weighted by molar-refractivity contribution is -0.115. The number of rotatable bonds is 5. The van der Waals surface area contributed by atoms with Crippen LogP contribution in [0.2, 0.25) is 0 Å². The number of ether oxygens (including phenoxy) is 1. The molecule has 1 N–H and O–H groups in total. The van der Waals surface area contributed by atoms with E-state index in [1.165, 1.54) is 0 Å². The molecule has 1 amide bonds. The van der Waals surface area contributed by atoms with Gasteiger partial charge in [-0.2, -0.15) is 0 Å². The maximum absolute atomic E-state index is 12.0. The van der Waals surface area contributed by atoms with Gasteiger partial charge in [-0.05, 0) is 50.6 Å². The number of carbonyl (C=O) groups excluding carboxylic acids is 1. The fourth-order valence-corrected chi connectivity index (χ4v) is 2.10. The van der Waals surface area contributed by atoms with Crippen molar-refractivity contribution in [2.75, 3.05) is 5.32 Å². The van der Waals surface area contributed by atoms with Crippen LogP contribution >= 0.6 is 0 Å². The zero-order chi connectivity index (χ0) is 15.2. The minimum absolute atomic E-state index is 0.0156. The normalized spacial score (nSPS) is 10.5. The highest BCUT2D eigenvalue weighted by Crippen LogP contribution is 2.17. The quantitative estimate of drug-likeness (QED) is 0.902. The van der Waals surface area contributed by atoms with E-state index in [1.807, 2.05) is 69.3 Å². The first kappa shape index (κ1) is 15.1. The molecule has 0 radical (unpaired) electrons. The molecule has 0 aliphatic carbocycles. The number of aryl methyl sites for hydroxylation is 1. The molecule has 0 atom stereocenters. The van der Waals surface area contributed by atoms with Crippen LogP contribution in [0.25, 0.3) is 0 Å². The highest BCUT2D eigenvalue weighted by atomic mass is 16.5. The maximum Gasteiger partial charge on any atom is 0.228 e. The van der Waals surface area contributed by atoms with Gasteiger partial charge in [-0.3, -0.25) is 4.79 Å². The van der Waals surface area contributed by atoms with E-state index in [1.54, 1.807) is 0 Å². The number of anilines is 1. The molecule has 110 valence electrons. The molecule has 0 aromatic heterocycles. The Kier molecular flexibility index (Phi) is 4.99. The summed E-state index contributed by atoms with van der Waals surface area (Å²) in [5.41, 5.74) is 2.96. The van der Waals surface area contributed by atoms with Crippen molar-refractivity contribution in [2.24, 2.45) is 0 Å². The van der Waals surface area contributed by atoms with Gasteiger partial charge in [0, 0.05) is 5.69 Å². The van der Waals surface area contributed by atoms with Crippen LogP contribution in [0, 0.1) is 6.92 Å². The molecule has 0 spiro atoms. The Morgan fingerprint density at radius 3 is 2.48 bits per heavy atom. The van der Waals surface area contributed by atoms with Gasteiger partial charge in [0.1, 0.15) is 5.75 Å². The Morgan fingerprint density at radius 2 is 1.86 bits per heavy atom. The fraction of sp³-hybridized carbons (Fsp3) is 0.278. The van der Waals surface area contributed by atoms with E-state index in [0.717, 1.165) is 22.6 Å². The van der Waals surface area contributed by atoms with Crippen LogP contribution in [0.5, 0.6) is 5.75 Å². The minimum atomic E-state index is -0.0156. The van der Waals surface area contributed by atoms with E-state index >= 15 is 0 Å². The summed E-state index contributed by atoms with van der Waals surface area (Å²) < 4.78 is 5.57. The molecule has 2 aromatic rings. The molecule has 0 aliphatic heterocycles. The van der Waals surface area contributed by atoms with Crippen molar-refractivity contribution in [3.63, 3.8) is 0 Å². The van der Waals surface area contributed by atoms with Crippen LogP contribution in [0.1, 0.15) is 25.0 Å². The van der Waals surface area contributed by atoms with E-state index in [2.05, 4.69) is 5.32 Å². The third kappa shape index (κ3) is 4.95. The van der Waals surface area contributed by atoms with Gasteiger partial charge in [0.05, 0.1) is 12.5 Å². The van der Waals surface area contributed by atoms with Gasteiger partial charge in [0.2, 0.25) is 5.91 Å². The lowest BCUT2D eigenvalue weighted by Crippen LogP contribution is -2.14. The van der Waals surface area contributed by atoms with Crippen molar-refractivity contribution in [1.82, 2.24) is 0 Å². The second-order valence-electron chi connectivity index (χ2n) is 5.40. The third-order valence-electron chi connectivity index (χ3n) is 2.96. The number of nitrogens with one attached hydrogen (secondary N) is 1. The minimum Gasteiger partial charge on any atom is -0.491 e. The Morgan fingerprint density at radius 1 is 1.14 bits per heavy atom. The monoisotopic (exact) mass is 283 g/mol. The summed E-state index contributed by atoms with van der Waals surface area (Å²) >= 11 is 0. The largest absolute Gasteiger partial charge is 0.491 e. The number of benzene rings is 2. The number of carbonyl (C=O) groups is 1. The van der Waals surface area contributed by atoms with Crippen LogP contribution in [0.4, 0.5) is 5.69 Å². The third-order valence-corrected chi connectivity index (χ3v) is 2.96. The smallest absolute Gasteiger partial charge is 0.228 e. The molecule has 0 fully saturated rings. The van der Waals surface area contributed by atoms with E-state index in [0.29, 0.717) is 6.42 Å². The molecule has 2 aromatic carbocycles. The second kappa shape index (κ2) is 6.93. The topological polar surface area (TPSA) is 38.3 Å². The van der Waals surface area contributed by atoms with Gasteiger partial charge in [-0.25, -0.2) is 0 Å². The van der Waals surface area contributed by atoms with E-state index in [-0.39, 0.29) is 12.0 Å². The molecule has 0 unspecified atom stereocenters. The molecule has 21 heavy (non-hydrogen) atoms. The Labute approximate surface area is 126 Å². The van der Waals surface area contributed by atoms with Gasteiger partial charge in [-0.1, -0.05) is 29.8 Å². The molecule has 0 heterocycles. The predicted molar refractivity (Wildman–Crippen MR) is 85.7 cm³/mol. The molecule has 2 rings (SSSR count). The first-order chi connectivity index (χ1) is 10.0. The van der Waals surface area contributed by atoms with E-state index in [9.17, 15) is 4.79 Å². The molecule has 0 saturated heterocycles. The first-order valence-corrected chi connectivity index (χ1v) is 7.15. The summed E-state index contributed by atoms with van der Waals surface area (Å²) in [6.45, 7) is 5.99. The van der Waals surface area contributed by atoms with Crippen molar-refractivity contribution in [3.8, 4) is 5.75 Å². The van der Waals surface area contributed by atoms with Gasteiger partial charge in [0.25, 0.3) is 0 Å². The van der Waals surface area contributed by atoms with E-state index in [4.69, 9.17) is 4.74 Å². The SMILES string of the molecule is Cc1cccc(CC(=O)Nc2ccc(OC(C)C)cc2)c1. The molecule has 3 heteroatoms. The molecule has 0 bridgehead atoms. The Bertz CT molecular complexity index is 603. The molecule has 0 aliphatic rings. The van der Waals surface area contributed by atoms with Gasteiger partial charge < -0.3 is 10.1 Å². The Balaban J connectivity index is 1.93. The fourth-order valence-electron chi connectivity index (χ4n) is 2.10. The summed E-state index contributed by atoms with van der Waals surface area (Å²) in [5.74, 6) is 0.791. The van der Waals surface area contributed by atoms with Crippen LogP contribution in [-0.2, 0) is 11.2 Å². The first-order valence-electron chi connectivity index (χ1n) is 7.15. The predicted octanol–water partition coefficient (Wildman–Crippen LogP) is 3.96. The summed E-state index contributed by atoms with van der Waals surface area (Å²) in [6, 6.07) is 15.4. The van der Waals surface area contributed by atoms with Gasteiger partial charge in [-0.15, -0.1) is 0 Å². The standard InChI is InChI=1S/C18H21NO2/c1-13(2)21-17-9-7-16(8-10-17)19-18(20)12-15-6-4-5-14(3)11-15/h4-11,13H,12H2,1-3H3,(H,19,20). The number of hydrogen-bond donors (Lipinski definition) is 1. The highest BCUT2D eigenvalue weighted by molar-refractivity contribution is 5.92. The lowest BCUT2D eigenvalue weighted by Gasteiger charge is -2.10. The van der Waals surface area contributed by atoms with Crippen LogP contribution in [0.3, 0.4) is 0 Å². The van der Waals surface area contributed by atoms with Gasteiger partial charge in [0.15, 0.2) is 0 Å². The number of amides is 1. The maximum atomic E-state index is 12.0. The van der Waals surface area contributed by atoms with Crippen molar-refractivity contribution in [3.05, 3.63) is 59.7 Å². The molecule has 3 nitrogen and oxygen atoms in total. The van der Waals surface area contributed by atoms with Crippen molar-refractivity contribution >= 4 is 11.6 Å². The van der Waals surface area contributed by atoms with Crippen LogP contribution < -0.4 is 10.1 Å². The summed E-state index contributed by atoms with van der Waals surface area (Å²) in [5, 5.41) is 2.90. The Hall–Kier alpha value is -2.29. The van der Waals surface area contributed by atoms with Gasteiger partial charge >= 0.3 is 0 Å². The molecular weight excluding hydrogens is 262 g/mol. The zero-order valence-electron chi connectivity index (χ0n) is 12.7. The molecule has 0 saturated carbocycles. The summed E-state index contributed by atoms with van der Waals surface area (Å²) in [7, 11) is 0. The second-order valence-corrected chi connectivity index (χ2v) is 5.40. The van der Waals surface area contributed by atoms with E-state index < -0.39 is 0 Å². The lowest BCUT2D eigenvalue weighted by atomic mass is 10.1. The molecular formula is C18H21NO2. The van der Waals surface area contributed by atoms with Crippen molar-refractivity contribution < 1.29 is 9.53 Å². The van der Waals surface area contributed by atoms with Crippen LogP contribution in [-0.4, -0.2) is 12.0 Å². The highest BCUT2D eigenvalue weighted by Gasteiger charge is 2.05. The zero-order valence-corrected chi connectivity index (χ0v) is 12.7. The number of hydrogen-bond acceptors (Lipinski definition) is 2. The van der Waals surface area contributed by atoms with Crippen LogP contribution in [0.15, 0.2) is 48.5 Å². The summed E-state index contributed by atoms with van der Waals surface area (Å²) in [4.78, 5) is 12.0. The van der Waals surface area contributed by atoms with Crippen molar-refractivity contribution in [2.45, 2.75) is 33.3 Å². The van der Waals surface area contributed by atoms with Crippen molar-refractivity contribution in [1.29, 1.82) is 0 Å². The average molecular weight is 283 g/mol.